The van der Waals surface area contributed by atoms with Gasteiger partial charge in [0.25, 0.3) is 5.91 Å². The van der Waals surface area contributed by atoms with E-state index in [4.69, 9.17) is 4.84 Å². The molecule has 1 amide bonds. The van der Waals surface area contributed by atoms with Crippen LogP contribution in [-0.2, 0) is 9.63 Å². The van der Waals surface area contributed by atoms with Crippen molar-refractivity contribution in [2.24, 2.45) is 5.16 Å². The zero-order valence-corrected chi connectivity index (χ0v) is 12.2. The Morgan fingerprint density at radius 1 is 1.32 bits per heavy atom. The molecule has 0 fully saturated rings. The molecule has 0 radical (unpaired) electrons. The van der Waals surface area contributed by atoms with Gasteiger partial charge in [-0.3, -0.25) is 4.79 Å². The number of amides is 1. The molecule has 4 nitrogen and oxygen atoms in total. The summed E-state index contributed by atoms with van der Waals surface area (Å²) >= 11 is 1.43. The first-order chi connectivity index (χ1) is 10.5. The van der Waals surface area contributed by atoms with Crippen molar-refractivity contribution in [3.05, 3.63) is 52.0 Å². The van der Waals surface area contributed by atoms with Crippen molar-refractivity contribution in [2.45, 2.75) is 13.0 Å². The molecular weight excluding hydrogens is 317 g/mol. The molecule has 1 heterocycles. The Bertz CT molecular complexity index is 690. The fraction of sp³-hybridized carbons (Fsp3) is 0.143. The number of oxime groups is 1. The molecule has 0 spiro atoms. The highest BCUT2D eigenvalue weighted by Crippen LogP contribution is 2.19. The molecular formula is C14H11F3N2O2S. The molecule has 0 bridgehead atoms. The number of nitrogens with zero attached hydrogens (tertiary/aromatic N) is 1. The number of nitrogens with one attached hydrogen (secondary N) is 1. The average molecular weight is 328 g/mol. The summed E-state index contributed by atoms with van der Waals surface area (Å²) < 4.78 is 39.3. The van der Waals surface area contributed by atoms with Crippen LogP contribution in [0.1, 0.15) is 11.8 Å². The number of benzene rings is 1. The quantitative estimate of drug-likeness (QED) is 0.518. The van der Waals surface area contributed by atoms with Crippen molar-refractivity contribution in [2.75, 3.05) is 5.32 Å². The van der Waals surface area contributed by atoms with Crippen LogP contribution in [0, 0.1) is 17.5 Å². The number of rotatable bonds is 5. The van der Waals surface area contributed by atoms with Gasteiger partial charge in [0, 0.05) is 4.88 Å². The van der Waals surface area contributed by atoms with E-state index in [0.717, 1.165) is 10.9 Å². The molecule has 22 heavy (non-hydrogen) atoms. The minimum atomic E-state index is -1.65. The van der Waals surface area contributed by atoms with E-state index in [2.05, 4.69) is 10.5 Å². The Balaban J connectivity index is 1.95. The van der Waals surface area contributed by atoms with Crippen LogP contribution in [0.25, 0.3) is 0 Å². The van der Waals surface area contributed by atoms with Crippen LogP contribution >= 0.6 is 11.3 Å². The van der Waals surface area contributed by atoms with Gasteiger partial charge in [-0.1, -0.05) is 11.2 Å². The van der Waals surface area contributed by atoms with Crippen molar-refractivity contribution in [1.29, 1.82) is 0 Å². The topological polar surface area (TPSA) is 50.7 Å². The largest absolute Gasteiger partial charge is 0.383 e. The Hall–Kier alpha value is -2.35. The lowest BCUT2D eigenvalue weighted by molar-refractivity contribution is -0.126. The van der Waals surface area contributed by atoms with E-state index in [-0.39, 0.29) is 0 Å². The second-order valence-electron chi connectivity index (χ2n) is 4.21. The van der Waals surface area contributed by atoms with Crippen LogP contribution in [0.2, 0.25) is 0 Å². The summed E-state index contributed by atoms with van der Waals surface area (Å²) in [6, 6.07) is 5.27. The predicted octanol–water partition coefficient (Wildman–Crippen LogP) is 3.54. The van der Waals surface area contributed by atoms with Crippen molar-refractivity contribution >= 4 is 29.1 Å². The van der Waals surface area contributed by atoms with E-state index in [0.29, 0.717) is 6.07 Å². The van der Waals surface area contributed by atoms with Crippen LogP contribution in [0.3, 0.4) is 0 Å². The molecule has 2 aromatic rings. The van der Waals surface area contributed by atoms with Crippen molar-refractivity contribution in [3.63, 3.8) is 0 Å². The highest BCUT2D eigenvalue weighted by molar-refractivity contribution is 7.11. The van der Waals surface area contributed by atoms with Crippen molar-refractivity contribution < 1.29 is 22.8 Å². The lowest BCUT2D eigenvalue weighted by atomic mass is 10.2. The first kappa shape index (κ1) is 16.0. The van der Waals surface area contributed by atoms with Gasteiger partial charge in [0.15, 0.2) is 17.5 Å². The van der Waals surface area contributed by atoms with Crippen molar-refractivity contribution in [3.8, 4) is 0 Å². The lowest BCUT2D eigenvalue weighted by Gasteiger charge is -2.11. The van der Waals surface area contributed by atoms with E-state index in [9.17, 15) is 18.0 Å². The number of hydrogen-bond acceptors (Lipinski definition) is 4. The third-order valence-electron chi connectivity index (χ3n) is 2.60. The molecule has 0 aliphatic carbocycles. The van der Waals surface area contributed by atoms with Gasteiger partial charge < -0.3 is 10.2 Å². The molecule has 0 saturated heterocycles. The maximum Gasteiger partial charge on any atom is 0.268 e. The minimum absolute atomic E-state index is 0.471. The van der Waals surface area contributed by atoms with E-state index in [1.807, 2.05) is 11.4 Å². The Morgan fingerprint density at radius 3 is 2.77 bits per heavy atom. The number of halogens is 3. The van der Waals surface area contributed by atoms with Gasteiger partial charge >= 0.3 is 0 Å². The monoisotopic (exact) mass is 328 g/mol. The minimum Gasteiger partial charge on any atom is -0.383 e. The van der Waals surface area contributed by atoms with Crippen LogP contribution in [-0.4, -0.2) is 18.2 Å². The van der Waals surface area contributed by atoms with Crippen LogP contribution in [0.4, 0.5) is 18.9 Å². The number of anilines is 1. The maximum absolute atomic E-state index is 13.4. The number of thiophene rings is 1. The Morgan fingerprint density at radius 2 is 2.09 bits per heavy atom. The SMILES string of the molecule is CC(O/N=C/c1cccs1)C(=O)Nc1ccc(F)c(F)c1F. The van der Waals surface area contributed by atoms with E-state index >= 15 is 0 Å². The second kappa shape index (κ2) is 7.08. The third-order valence-corrected chi connectivity index (χ3v) is 3.41. The fourth-order valence-electron chi connectivity index (χ4n) is 1.44. The molecule has 0 aliphatic heterocycles. The normalized spacial score (nSPS) is 12.4. The summed E-state index contributed by atoms with van der Waals surface area (Å²) in [5.74, 6) is -5.20. The van der Waals surface area contributed by atoms with Crippen LogP contribution in [0.5, 0.6) is 0 Å². The molecule has 1 aromatic heterocycles. The highest BCUT2D eigenvalue weighted by atomic mass is 32.1. The molecule has 1 unspecified atom stereocenters. The second-order valence-corrected chi connectivity index (χ2v) is 5.19. The Labute approximate surface area is 128 Å². The molecule has 1 aromatic carbocycles. The van der Waals surface area contributed by atoms with E-state index in [1.54, 1.807) is 6.07 Å². The van der Waals surface area contributed by atoms with Gasteiger partial charge in [-0.2, -0.15) is 0 Å². The Kier molecular flexibility index (Phi) is 5.16. The summed E-state index contributed by atoms with van der Waals surface area (Å²) in [6.45, 7) is 1.39. The lowest BCUT2D eigenvalue weighted by Crippen LogP contribution is -2.27. The van der Waals surface area contributed by atoms with Gasteiger partial charge in [0.05, 0.1) is 11.9 Å². The standard InChI is InChI=1S/C14H11F3N2O2S/c1-8(21-18-7-9-3-2-6-22-9)14(20)19-11-5-4-10(15)12(16)13(11)17/h2-8H,1H3,(H,19,20)/b18-7+. The first-order valence-electron chi connectivity index (χ1n) is 6.16. The molecule has 2 rings (SSSR count). The first-order valence-corrected chi connectivity index (χ1v) is 7.04. The third kappa shape index (κ3) is 3.85. The summed E-state index contributed by atoms with van der Waals surface area (Å²) in [4.78, 5) is 17.5. The van der Waals surface area contributed by atoms with Gasteiger partial charge in [-0.05, 0) is 30.5 Å². The molecule has 1 N–H and O–H groups in total. The highest BCUT2D eigenvalue weighted by Gasteiger charge is 2.19. The number of carbonyl (C=O) groups is 1. The predicted molar refractivity (Wildman–Crippen MR) is 77.4 cm³/mol. The van der Waals surface area contributed by atoms with Gasteiger partial charge in [-0.25, -0.2) is 13.2 Å². The van der Waals surface area contributed by atoms with E-state index < -0.39 is 35.2 Å². The fourth-order valence-corrected chi connectivity index (χ4v) is 2.02. The smallest absolute Gasteiger partial charge is 0.268 e. The summed E-state index contributed by atoms with van der Waals surface area (Å²) in [6.07, 6.45) is 0.385. The summed E-state index contributed by atoms with van der Waals surface area (Å²) in [5.41, 5.74) is -0.471. The van der Waals surface area contributed by atoms with Gasteiger partial charge in [0.2, 0.25) is 6.10 Å². The average Bonchev–Trinajstić information content (AvgIpc) is 3.01. The molecule has 8 heteroatoms. The molecule has 0 aliphatic rings. The maximum atomic E-state index is 13.4. The molecule has 1 atom stereocenters. The van der Waals surface area contributed by atoms with Crippen molar-refractivity contribution in [1.82, 2.24) is 0 Å². The number of carbonyl (C=O) groups excluding carboxylic acids is 1. The van der Waals surface area contributed by atoms with Gasteiger partial charge in [0.1, 0.15) is 0 Å². The zero-order valence-electron chi connectivity index (χ0n) is 11.3. The molecule has 116 valence electrons. The number of hydrogen-bond donors (Lipinski definition) is 1. The van der Waals surface area contributed by atoms with Crippen LogP contribution in [0.15, 0.2) is 34.8 Å². The molecule has 0 saturated carbocycles. The zero-order chi connectivity index (χ0) is 16.1. The summed E-state index contributed by atoms with van der Waals surface area (Å²) in [5, 5.41) is 7.58. The van der Waals surface area contributed by atoms with E-state index in [1.165, 1.54) is 24.5 Å². The summed E-state index contributed by atoms with van der Waals surface area (Å²) in [7, 11) is 0. The van der Waals surface area contributed by atoms with Crippen LogP contribution < -0.4 is 5.32 Å². The van der Waals surface area contributed by atoms with Gasteiger partial charge in [-0.15, -0.1) is 11.3 Å².